The Kier molecular flexibility index (Phi) is 4.05. The maximum absolute atomic E-state index is 10.7. The van der Waals surface area contributed by atoms with E-state index in [0.717, 1.165) is 0 Å². The first-order chi connectivity index (χ1) is 6.56. The van der Waals surface area contributed by atoms with E-state index in [4.69, 9.17) is 39.5 Å². The Bertz CT molecular complexity index is 363. The van der Waals surface area contributed by atoms with Crippen LogP contribution in [0.2, 0.25) is 10.0 Å². The first-order valence-electron chi connectivity index (χ1n) is 3.75. The van der Waals surface area contributed by atoms with Crippen LogP contribution in [0.5, 0.6) is 5.75 Å². The Labute approximate surface area is 96.7 Å². The summed E-state index contributed by atoms with van der Waals surface area (Å²) in [4.78, 5) is 10.7. The SMILES string of the molecule is COc1ccc(CC(=O)Cl)c(Cl)c1Cl. The van der Waals surface area contributed by atoms with Gasteiger partial charge in [-0.25, -0.2) is 0 Å². The summed E-state index contributed by atoms with van der Waals surface area (Å²) in [5.74, 6) is 0.474. The van der Waals surface area contributed by atoms with E-state index in [2.05, 4.69) is 0 Å². The van der Waals surface area contributed by atoms with Crippen molar-refractivity contribution in [3.8, 4) is 5.75 Å². The van der Waals surface area contributed by atoms with E-state index in [-0.39, 0.29) is 6.42 Å². The number of halogens is 3. The lowest BCUT2D eigenvalue weighted by atomic mass is 10.1. The van der Waals surface area contributed by atoms with Gasteiger partial charge in [-0.15, -0.1) is 0 Å². The number of benzene rings is 1. The number of methoxy groups -OCH3 is 1. The van der Waals surface area contributed by atoms with Crippen molar-refractivity contribution in [3.05, 3.63) is 27.7 Å². The third kappa shape index (κ3) is 2.53. The van der Waals surface area contributed by atoms with Crippen molar-refractivity contribution in [3.63, 3.8) is 0 Å². The molecule has 76 valence electrons. The second-order valence-corrected chi connectivity index (χ2v) is 3.76. The fraction of sp³-hybridized carbons (Fsp3) is 0.222. The Morgan fingerprint density at radius 3 is 2.50 bits per heavy atom. The van der Waals surface area contributed by atoms with Gasteiger partial charge < -0.3 is 4.74 Å². The predicted octanol–water partition coefficient (Wildman–Crippen LogP) is 3.31. The summed E-state index contributed by atoms with van der Waals surface area (Å²) in [6.45, 7) is 0. The van der Waals surface area contributed by atoms with Gasteiger partial charge in [-0.2, -0.15) is 0 Å². The monoisotopic (exact) mass is 252 g/mol. The third-order valence-corrected chi connectivity index (χ3v) is 2.71. The zero-order chi connectivity index (χ0) is 10.7. The summed E-state index contributed by atoms with van der Waals surface area (Å²) in [6, 6.07) is 3.30. The molecule has 2 nitrogen and oxygen atoms in total. The highest BCUT2D eigenvalue weighted by Gasteiger charge is 2.11. The van der Waals surface area contributed by atoms with Crippen molar-refractivity contribution >= 4 is 40.0 Å². The first kappa shape index (κ1) is 11.6. The number of hydrogen-bond donors (Lipinski definition) is 0. The van der Waals surface area contributed by atoms with Gasteiger partial charge in [0.1, 0.15) is 10.8 Å². The van der Waals surface area contributed by atoms with Gasteiger partial charge in [0.15, 0.2) is 0 Å². The van der Waals surface area contributed by atoms with E-state index in [1.165, 1.54) is 7.11 Å². The molecular weight excluding hydrogens is 246 g/mol. The Morgan fingerprint density at radius 1 is 1.36 bits per heavy atom. The van der Waals surface area contributed by atoms with E-state index in [9.17, 15) is 4.79 Å². The molecule has 1 aromatic carbocycles. The van der Waals surface area contributed by atoms with Crippen molar-refractivity contribution in [2.24, 2.45) is 0 Å². The molecule has 14 heavy (non-hydrogen) atoms. The van der Waals surface area contributed by atoms with Crippen molar-refractivity contribution in [2.75, 3.05) is 7.11 Å². The summed E-state index contributed by atoms with van der Waals surface area (Å²) in [7, 11) is 1.49. The molecule has 5 heteroatoms. The molecule has 0 heterocycles. The van der Waals surface area contributed by atoms with E-state index < -0.39 is 5.24 Å². The minimum Gasteiger partial charge on any atom is -0.495 e. The van der Waals surface area contributed by atoms with E-state index >= 15 is 0 Å². The van der Waals surface area contributed by atoms with Crippen molar-refractivity contribution in [1.82, 2.24) is 0 Å². The van der Waals surface area contributed by atoms with E-state index in [0.29, 0.717) is 21.4 Å². The van der Waals surface area contributed by atoms with Crippen LogP contribution < -0.4 is 4.74 Å². The molecule has 0 fully saturated rings. The number of carbonyl (C=O) groups excluding carboxylic acids is 1. The maximum atomic E-state index is 10.7. The summed E-state index contributed by atoms with van der Waals surface area (Å²) in [6.07, 6.45) is 0.0596. The fourth-order valence-corrected chi connectivity index (χ4v) is 1.64. The lowest BCUT2D eigenvalue weighted by Gasteiger charge is -2.07. The minimum absolute atomic E-state index is 0.0596. The second-order valence-electron chi connectivity index (χ2n) is 2.59. The highest BCUT2D eigenvalue weighted by Crippen LogP contribution is 2.34. The highest BCUT2D eigenvalue weighted by atomic mass is 35.5. The van der Waals surface area contributed by atoms with Crippen LogP contribution in [-0.4, -0.2) is 12.4 Å². The topological polar surface area (TPSA) is 26.3 Å². The molecule has 0 aromatic heterocycles. The van der Waals surface area contributed by atoms with Crippen LogP contribution in [0.1, 0.15) is 5.56 Å². The van der Waals surface area contributed by atoms with Crippen molar-refractivity contribution < 1.29 is 9.53 Å². The number of ether oxygens (including phenoxy) is 1. The second kappa shape index (κ2) is 4.87. The lowest BCUT2D eigenvalue weighted by molar-refractivity contribution is -0.111. The Hall–Kier alpha value is -0.440. The van der Waals surface area contributed by atoms with Crippen LogP contribution in [0, 0.1) is 0 Å². The quantitative estimate of drug-likeness (QED) is 0.773. The molecular formula is C9H7Cl3O2. The zero-order valence-electron chi connectivity index (χ0n) is 7.31. The molecule has 0 radical (unpaired) electrons. The predicted molar refractivity (Wildman–Crippen MR) is 57.6 cm³/mol. The molecule has 0 unspecified atom stereocenters. The molecule has 0 aliphatic rings. The number of rotatable bonds is 3. The standard InChI is InChI=1S/C9H7Cl3O2/c1-14-6-3-2-5(4-7(10)13)8(11)9(6)12/h2-3H,4H2,1H3. The largest absolute Gasteiger partial charge is 0.495 e. The maximum Gasteiger partial charge on any atom is 0.226 e. The van der Waals surface area contributed by atoms with Gasteiger partial charge in [0.2, 0.25) is 5.24 Å². The van der Waals surface area contributed by atoms with Gasteiger partial charge >= 0.3 is 0 Å². The van der Waals surface area contributed by atoms with Crippen LogP contribution in [-0.2, 0) is 11.2 Å². The molecule has 0 N–H and O–H groups in total. The molecule has 0 amide bonds. The average Bonchev–Trinajstić information content (AvgIpc) is 2.13. The van der Waals surface area contributed by atoms with Gasteiger partial charge in [0.25, 0.3) is 0 Å². The van der Waals surface area contributed by atoms with E-state index in [1.807, 2.05) is 0 Å². The summed E-state index contributed by atoms with van der Waals surface area (Å²) >= 11 is 17.0. The van der Waals surface area contributed by atoms with Crippen LogP contribution in [0.25, 0.3) is 0 Å². The first-order valence-corrected chi connectivity index (χ1v) is 4.89. The smallest absolute Gasteiger partial charge is 0.226 e. The van der Waals surface area contributed by atoms with Gasteiger partial charge in [0.05, 0.1) is 12.1 Å². The van der Waals surface area contributed by atoms with Crippen molar-refractivity contribution in [2.45, 2.75) is 6.42 Å². The van der Waals surface area contributed by atoms with Crippen LogP contribution in [0.4, 0.5) is 0 Å². The van der Waals surface area contributed by atoms with Crippen LogP contribution in [0.15, 0.2) is 12.1 Å². The zero-order valence-corrected chi connectivity index (χ0v) is 9.58. The molecule has 0 saturated heterocycles. The number of carbonyl (C=O) groups is 1. The average molecular weight is 254 g/mol. The Morgan fingerprint density at radius 2 is 2.00 bits per heavy atom. The molecule has 0 bridgehead atoms. The van der Waals surface area contributed by atoms with Gasteiger partial charge in [-0.05, 0) is 23.2 Å². The van der Waals surface area contributed by atoms with Crippen LogP contribution >= 0.6 is 34.8 Å². The molecule has 0 saturated carbocycles. The summed E-state index contributed by atoms with van der Waals surface area (Å²) < 4.78 is 4.95. The third-order valence-electron chi connectivity index (χ3n) is 1.68. The van der Waals surface area contributed by atoms with Gasteiger partial charge in [-0.1, -0.05) is 29.3 Å². The van der Waals surface area contributed by atoms with Gasteiger partial charge in [0, 0.05) is 6.42 Å². The lowest BCUT2D eigenvalue weighted by Crippen LogP contribution is -1.96. The molecule has 1 rings (SSSR count). The molecule has 0 aliphatic heterocycles. The summed E-state index contributed by atoms with van der Waals surface area (Å²) in [5.41, 5.74) is 0.595. The molecule has 0 atom stereocenters. The summed E-state index contributed by atoms with van der Waals surface area (Å²) in [5, 5.41) is 0.123. The molecule has 0 spiro atoms. The fourth-order valence-electron chi connectivity index (χ4n) is 1.02. The molecule has 1 aromatic rings. The van der Waals surface area contributed by atoms with Crippen molar-refractivity contribution in [1.29, 1.82) is 0 Å². The normalized spacial score (nSPS) is 10.0. The number of hydrogen-bond acceptors (Lipinski definition) is 2. The molecule has 0 aliphatic carbocycles. The minimum atomic E-state index is -0.479. The van der Waals surface area contributed by atoms with Gasteiger partial charge in [-0.3, -0.25) is 4.79 Å². The Balaban J connectivity index is 3.10. The van der Waals surface area contributed by atoms with E-state index in [1.54, 1.807) is 12.1 Å². The highest BCUT2D eigenvalue weighted by molar-refractivity contribution is 6.63. The van der Waals surface area contributed by atoms with Crippen LogP contribution in [0.3, 0.4) is 0 Å².